The molecule has 9 heteroatoms. The fourth-order valence-corrected chi connectivity index (χ4v) is 3.24. The Morgan fingerprint density at radius 3 is 2.15 bits per heavy atom. The van der Waals surface area contributed by atoms with Crippen LogP contribution in [0.2, 0.25) is 0 Å². The van der Waals surface area contributed by atoms with Gasteiger partial charge in [-0.2, -0.15) is 0 Å². The number of likely N-dealkylation sites (N-methyl/N-ethyl adjacent to an activating group) is 1. The third-order valence-corrected chi connectivity index (χ3v) is 4.96. The standard InChI is InChI=1S/C24H31N3O6/c1-3-32-19-9-11-20(12-10-19)33-14-13-18(16-22(28)27-31)23(29)26-21(24(30)25-2)15-17-7-5-4-6-8-17/h4-12,18,21,31H,3,13-16H2,1-2H3,(H,25,30)(H,26,29)(H,27,28)/t18-,21+/m1/s1. The Balaban J connectivity index is 2.01. The molecular formula is C24H31N3O6. The molecule has 0 heterocycles. The molecular weight excluding hydrogens is 426 g/mol. The highest BCUT2D eigenvalue weighted by Crippen LogP contribution is 2.19. The molecule has 9 nitrogen and oxygen atoms in total. The van der Waals surface area contributed by atoms with Crippen molar-refractivity contribution in [2.24, 2.45) is 5.92 Å². The zero-order valence-corrected chi connectivity index (χ0v) is 18.9. The molecule has 0 aliphatic heterocycles. The van der Waals surface area contributed by atoms with Gasteiger partial charge in [0.2, 0.25) is 17.7 Å². The van der Waals surface area contributed by atoms with Gasteiger partial charge in [-0.25, -0.2) is 5.48 Å². The lowest BCUT2D eigenvalue weighted by atomic mass is 9.98. The fraction of sp³-hybridized carbons (Fsp3) is 0.375. The predicted molar refractivity (Wildman–Crippen MR) is 122 cm³/mol. The van der Waals surface area contributed by atoms with E-state index in [0.29, 0.717) is 18.8 Å². The molecule has 2 atom stereocenters. The number of nitrogens with one attached hydrogen (secondary N) is 3. The van der Waals surface area contributed by atoms with Crippen LogP contribution in [0.4, 0.5) is 0 Å². The van der Waals surface area contributed by atoms with E-state index in [1.165, 1.54) is 7.05 Å². The molecule has 0 aliphatic carbocycles. The molecule has 0 saturated heterocycles. The summed E-state index contributed by atoms with van der Waals surface area (Å²) < 4.78 is 11.1. The van der Waals surface area contributed by atoms with Crippen molar-refractivity contribution in [2.45, 2.75) is 32.2 Å². The number of carbonyl (C=O) groups is 3. The Morgan fingerprint density at radius 1 is 0.939 bits per heavy atom. The summed E-state index contributed by atoms with van der Waals surface area (Å²) in [6.45, 7) is 2.62. The van der Waals surface area contributed by atoms with Gasteiger partial charge in [0.25, 0.3) is 0 Å². The summed E-state index contributed by atoms with van der Waals surface area (Å²) in [5.74, 6) is -1.00. The Labute approximate surface area is 193 Å². The van der Waals surface area contributed by atoms with Gasteiger partial charge in [0.1, 0.15) is 17.5 Å². The Hall–Kier alpha value is -3.59. The first-order chi connectivity index (χ1) is 16.0. The van der Waals surface area contributed by atoms with Crippen LogP contribution in [0.3, 0.4) is 0 Å². The minimum absolute atomic E-state index is 0.161. The molecule has 33 heavy (non-hydrogen) atoms. The number of ether oxygens (including phenoxy) is 2. The molecule has 0 spiro atoms. The van der Waals surface area contributed by atoms with Gasteiger partial charge in [0, 0.05) is 25.8 Å². The highest BCUT2D eigenvalue weighted by molar-refractivity contribution is 5.90. The van der Waals surface area contributed by atoms with Crippen LogP contribution in [0.5, 0.6) is 11.5 Å². The molecule has 3 amide bonds. The summed E-state index contributed by atoms with van der Waals surface area (Å²) >= 11 is 0. The van der Waals surface area contributed by atoms with Crippen molar-refractivity contribution in [2.75, 3.05) is 20.3 Å². The van der Waals surface area contributed by atoms with Crippen LogP contribution in [0.1, 0.15) is 25.3 Å². The highest BCUT2D eigenvalue weighted by atomic mass is 16.5. The topological polar surface area (TPSA) is 126 Å². The van der Waals surface area contributed by atoms with E-state index in [-0.39, 0.29) is 25.4 Å². The summed E-state index contributed by atoms with van der Waals surface area (Å²) in [6.07, 6.45) is 0.257. The maximum atomic E-state index is 12.9. The second-order valence-electron chi connectivity index (χ2n) is 7.34. The van der Waals surface area contributed by atoms with Crippen molar-refractivity contribution in [3.63, 3.8) is 0 Å². The second-order valence-corrected chi connectivity index (χ2v) is 7.34. The van der Waals surface area contributed by atoms with Gasteiger partial charge in [0.15, 0.2) is 0 Å². The van der Waals surface area contributed by atoms with Gasteiger partial charge in [-0.3, -0.25) is 19.6 Å². The number of hydrogen-bond acceptors (Lipinski definition) is 6. The molecule has 0 radical (unpaired) electrons. The quantitative estimate of drug-likeness (QED) is 0.269. The Kier molecular flexibility index (Phi) is 10.7. The molecule has 0 bridgehead atoms. The van der Waals surface area contributed by atoms with E-state index in [0.717, 1.165) is 11.3 Å². The van der Waals surface area contributed by atoms with Gasteiger partial charge in [-0.05, 0) is 43.2 Å². The largest absolute Gasteiger partial charge is 0.494 e. The first-order valence-electron chi connectivity index (χ1n) is 10.8. The molecule has 0 aliphatic rings. The van der Waals surface area contributed by atoms with Crippen molar-refractivity contribution in [3.8, 4) is 11.5 Å². The fourth-order valence-electron chi connectivity index (χ4n) is 3.24. The SMILES string of the molecule is CCOc1ccc(OCC[C@H](CC(=O)NO)C(=O)N[C@@H](Cc2ccccc2)C(=O)NC)cc1. The molecule has 0 fully saturated rings. The summed E-state index contributed by atoms with van der Waals surface area (Å²) in [6, 6.07) is 15.5. The summed E-state index contributed by atoms with van der Waals surface area (Å²) in [4.78, 5) is 37.0. The molecule has 2 rings (SSSR count). The monoisotopic (exact) mass is 457 g/mol. The summed E-state index contributed by atoms with van der Waals surface area (Å²) in [7, 11) is 1.49. The average Bonchev–Trinajstić information content (AvgIpc) is 2.84. The van der Waals surface area contributed by atoms with E-state index in [9.17, 15) is 14.4 Å². The van der Waals surface area contributed by atoms with Gasteiger partial charge >= 0.3 is 0 Å². The van der Waals surface area contributed by atoms with Crippen LogP contribution in [-0.4, -0.2) is 49.2 Å². The van der Waals surface area contributed by atoms with Crippen molar-refractivity contribution >= 4 is 17.7 Å². The third-order valence-electron chi connectivity index (χ3n) is 4.96. The minimum atomic E-state index is -0.809. The van der Waals surface area contributed by atoms with E-state index < -0.39 is 23.8 Å². The van der Waals surface area contributed by atoms with Gasteiger partial charge in [-0.15, -0.1) is 0 Å². The molecule has 178 valence electrons. The van der Waals surface area contributed by atoms with Crippen LogP contribution >= 0.6 is 0 Å². The molecule has 4 N–H and O–H groups in total. The van der Waals surface area contributed by atoms with E-state index >= 15 is 0 Å². The van der Waals surface area contributed by atoms with E-state index in [1.54, 1.807) is 29.7 Å². The zero-order chi connectivity index (χ0) is 24.1. The predicted octanol–water partition coefficient (Wildman–Crippen LogP) is 1.84. The minimum Gasteiger partial charge on any atom is -0.494 e. The molecule has 0 aromatic heterocycles. The smallest absolute Gasteiger partial charge is 0.244 e. The Bertz CT molecular complexity index is 889. The second kappa shape index (κ2) is 13.7. The van der Waals surface area contributed by atoms with Gasteiger partial charge in [-0.1, -0.05) is 30.3 Å². The first-order valence-corrected chi connectivity index (χ1v) is 10.8. The lowest BCUT2D eigenvalue weighted by Crippen LogP contribution is -2.49. The van der Waals surface area contributed by atoms with Crippen molar-refractivity contribution in [1.29, 1.82) is 0 Å². The van der Waals surface area contributed by atoms with Crippen LogP contribution in [0, 0.1) is 5.92 Å². The Morgan fingerprint density at radius 2 is 1.58 bits per heavy atom. The van der Waals surface area contributed by atoms with E-state index in [2.05, 4.69) is 10.6 Å². The first kappa shape index (κ1) is 25.7. The molecule has 0 saturated carbocycles. The highest BCUT2D eigenvalue weighted by Gasteiger charge is 2.27. The summed E-state index contributed by atoms with van der Waals surface area (Å²) in [5.41, 5.74) is 2.43. The van der Waals surface area contributed by atoms with Gasteiger partial charge in [0.05, 0.1) is 13.2 Å². The van der Waals surface area contributed by atoms with Crippen molar-refractivity contribution in [1.82, 2.24) is 16.1 Å². The zero-order valence-electron chi connectivity index (χ0n) is 18.9. The molecule has 2 aromatic rings. The van der Waals surface area contributed by atoms with E-state index in [1.807, 2.05) is 37.3 Å². The van der Waals surface area contributed by atoms with Crippen LogP contribution < -0.4 is 25.6 Å². The lowest BCUT2D eigenvalue weighted by Gasteiger charge is -2.22. The number of amides is 3. The number of hydroxylamine groups is 1. The maximum Gasteiger partial charge on any atom is 0.244 e. The van der Waals surface area contributed by atoms with Crippen LogP contribution in [0.15, 0.2) is 54.6 Å². The number of rotatable bonds is 13. The van der Waals surface area contributed by atoms with Crippen LogP contribution in [0.25, 0.3) is 0 Å². The number of carbonyl (C=O) groups excluding carboxylic acids is 3. The number of hydrogen-bond donors (Lipinski definition) is 4. The van der Waals surface area contributed by atoms with E-state index in [4.69, 9.17) is 14.7 Å². The maximum absolute atomic E-state index is 12.9. The molecule has 0 unspecified atom stereocenters. The number of benzene rings is 2. The third kappa shape index (κ3) is 8.82. The average molecular weight is 458 g/mol. The summed E-state index contributed by atoms with van der Waals surface area (Å²) in [5, 5.41) is 14.2. The lowest BCUT2D eigenvalue weighted by molar-refractivity contribution is -0.136. The molecule has 2 aromatic carbocycles. The van der Waals surface area contributed by atoms with Crippen molar-refractivity contribution < 1.29 is 29.1 Å². The van der Waals surface area contributed by atoms with Crippen molar-refractivity contribution in [3.05, 3.63) is 60.2 Å². The van der Waals surface area contributed by atoms with Gasteiger partial charge < -0.3 is 20.1 Å². The van der Waals surface area contributed by atoms with Crippen LogP contribution in [-0.2, 0) is 20.8 Å². The normalized spacial score (nSPS) is 12.2.